The molecule has 7 saturated heterocycles. The van der Waals surface area contributed by atoms with Crippen LogP contribution in [0.25, 0.3) is 0 Å². The van der Waals surface area contributed by atoms with Crippen molar-refractivity contribution in [1.82, 2.24) is 5.32 Å². The number of carboxylic acids is 1. The first-order valence-electron chi connectivity index (χ1n) is 43.6. The van der Waals surface area contributed by atoms with Gasteiger partial charge in [-0.15, -0.1) is 0 Å². The first-order valence-corrected chi connectivity index (χ1v) is 43.6. The van der Waals surface area contributed by atoms with Crippen molar-refractivity contribution >= 4 is 24.1 Å². The van der Waals surface area contributed by atoms with E-state index < -0.39 is 304 Å². The number of unbranched alkanes of at least 4 members (excludes halogenated alkanes) is 8. The molecule has 0 bridgehead atoms. The standard InChI is InChI=1S/C83H135NO37/c1-9-42-55(94)58(97)63(102)70(112-42)108-28-18-16-14-12-10-11-13-15-17-19-51(91)84-52-45(32-85)115-76(68(57(52)96)120-73-65(104)60(99)66(37(2)111-73)118-72-62(101)54(93)41(89)35-110-72)121-77(107)83-27-26-78(3,4)30-39(83)38-20-21-48-79(5)24-23-50(80(6,36-87)47(79)22-25-81(48,7)82(38,8)31-49(83)90)117-75-67(119-74-64(103)59(98)56(95)46(33-86)116-74)43(29-44(114-75)69(105)106)113-71-61(100)53(92)40(88)34-109-71/h20,36-37,39-50,52-68,70-76,85-86,88-90,92-104H,9-19,21-35H2,1-8H3,(H,84,91)(H,105,106)/t37?,39?,40-,41-,42?,43-,44?,45?,46?,47+,48?,49?,50-,52-,53-,54?,55-,56-,57?,58?,59-,60?,61?,62?,63?,64?,65?,66-,67?,68?,70+,71-,72-,73-,74-,75-,76-,79?,80+,81-,82+,83+/m0/s1. The molecular weight excluding hydrogens is 1600 g/mol. The number of aliphatic carboxylic acids is 1. The minimum absolute atomic E-state index is 0.0116. The smallest absolute Gasteiger partial charge is 0.333 e. The number of carbonyl (C=O) groups excluding carboxylic acids is 3. The van der Waals surface area contributed by atoms with Crippen LogP contribution >= 0.6 is 0 Å². The zero-order valence-electron chi connectivity index (χ0n) is 70.2. The minimum Gasteiger partial charge on any atom is -0.479 e. The van der Waals surface area contributed by atoms with Crippen LogP contribution in [0.2, 0.25) is 0 Å². The van der Waals surface area contributed by atoms with Gasteiger partial charge in [-0.05, 0) is 123 Å². The van der Waals surface area contributed by atoms with Crippen LogP contribution in [0.4, 0.5) is 0 Å². The van der Waals surface area contributed by atoms with E-state index in [4.69, 9.17) is 66.3 Å². The lowest BCUT2D eigenvalue weighted by atomic mass is 9.33. The number of carboxylic acid groups (broad SMARTS) is 1. The number of nitrogens with one attached hydrogen (secondary N) is 1. The van der Waals surface area contributed by atoms with E-state index in [9.17, 15) is 111 Å². The largest absolute Gasteiger partial charge is 0.479 e. The zero-order chi connectivity index (χ0) is 88.1. The Bertz CT molecular complexity index is 3460. The highest BCUT2D eigenvalue weighted by molar-refractivity contribution is 5.80. The van der Waals surface area contributed by atoms with Gasteiger partial charge in [-0.1, -0.05) is 105 Å². The Morgan fingerprint density at radius 2 is 1.08 bits per heavy atom. The molecule has 121 heavy (non-hydrogen) atoms. The number of aliphatic hydroxyl groups is 18. The van der Waals surface area contributed by atoms with Crippen LogP contribution in [0, 0.1) is 50.2 Å². The Hall–Kier alpha value is -3.42. The fourth-order valence-electron chi connectivity index (χ4n) is 22.4. The molecule has 7 heterocycles. The van der Waals surface area contributed by atoms with Crippen LogP contribution in [0.3, 0.4) is 0 Å². The van der Waals surface area contributed by atoms with E-state index in [1.54, 1.807) is 13.8 Å². The average Bonchev–Trinajstić information content (AvgIpc) is 0.668. The van der Waals surface area contributed by atoms with Gasteiger partial charge < -0.3 is 173 Å². The minimum atomic E-state index is -2.04. The van der Waals surface area contributed by atoms with Gasteiger partial charge in [0.05, 0.1) is 68.4 Å². The summed E-state index contributed by atoms with van der Waals surface area (Å²) in [6.07, 6.45) is -40.7. The molecule has 1 amide bonds. The number of aliphatic hydroxyl groups excluding tert-OH is 18. The lowest BCUT2D eigenvalue weighted by Crippen LogP contribution is -2.70. The summed E-state index contributed by atoms with van der Waals surface area (Å²) >= 11 is 0. The summed E-state index contributed by atoms with van der Waals surface area (Å²) < 4.78 is 85.2. The Morgan fingerprint density at radius 1 is 0.529 bits per heavy atom. The van der Waals surface area contributed by atoms with E-state index in [1.807, 2.05) is 0 Å². The van der Waals surface area contributed by atoms with E-state index in [1.165, 1.54) is 6.92 Å². The van der Waals surface area contributed by atoms with Crippen molar-refractivity contribution < 1.29 is 183 Å². The molecule has 42 atom stereocenters. The van der Waals surface area contributed by atoms with Crippen LogP contribution in [0.15, 0.2) is 11.6 Å². The first kappa shape index (κ1) is 96.7. The molecule has 12 rings (SSSR count). The molecule has 0 radical (unpaired) electrons. The molecule has 4 saturated carbocycles. The number of rotatable bonds is 31. The fraction of sp³-hybridized carbons (Fsp3) is 0.928. The van der Waals surface area contributed by atoms with E-state index in [-0.39, 0.29) is 31.6 Å². The van der Waals surface area contributed by atoms with Crippen molar-refractivity contribution in [1.29, 1.82) is 0 Å². The predicted molar refractivity (Wildman–Crippen MR) is 411 cm³/mol. The van der Waals surface area contributed by atoms with E-state index >= 15 is 4.79 Å². The summed E-state index contributed by atoms with van der Waals surface area (Å²) in [5.41, 5.74) is -4.88. The lowest BCUT2D eigenvalue weighted by Gasteiger charge is -2.71. The SMILES string of the molecule is CCC1O[C@@H](OCCCCCCCCCCCC(=O)N[C@H]2C(CO)O[C@@H](OC(=O)[C@]34CCC(C)(C)CC3C3=CCC5C6(C)CC[C@H](O[C@@H]7OC(C(=O)O)C[C@H](O[C@@H]8OC[C@H](O)[C@H](O)C8O)C7O[C@@H]7OC(CO)[C@H](O)[C@H](O)C7O)[C@](C)(C=O)[C@@H]6CC[C@]5(C)[C@]3(C)CC4O)C(O[C@@H]3OC(C)[C@H](O[C@@H]4OC[C@H](O)C(O)C4O)C(O)C3O)C2O)C(O)C(O)[C@H]1O. The van der Waals surface area contributed by atoms with Crippen molar-refractivity contribution in [2.45, 2.75) is 399 Å². The third-order valence-electron chi connectivity index (χ3n) is 30.0. The average molecular weight is 1740 g/mol. The number of fused-ring (bicyclic) bond motifs is 7. The van der Waals surface area contributed by atoms with Crippen LogP contribution in [-0.2, 0) is 85.5 Å². The third-order valence-corrected chi connectivity index (χ3v) is 30.0. The van der Waals surface area contributed by atoms with Crippen LogP contribution in [-0.4, -0.2) is 363 Å². The molecule has 0 aromatic rings. The van der Waals surface area contributed by atoms with Gasteiger partial charge in [0.25, 0.3) is 0 Å². The van der Waals surface area contributed by atoms with Crippen molar-refractivity contribution in [3.05, 3.63) is 11.6 Å². The highest BCUT2D eigenvalue weighted by Crippen LogP contribution is 2.76. The maximum atomic E-state index is 16.2. The molecule has 12 aliphatic rings. The summed E-state index contributed by atoms with van der Waals surface area (Å²) in [5, 5.41) is 211. The summed E-state index contributed by atoms with van der Waals surface area (Å²) in [6.45, 7) is 13.2. The molecule has 5 aliphatic carbocycles. The maximum absolute atomic E-state index is 16.2. The Labute approximate surface area is 703 Å². The normalized spacial score (nSPS) is 49.3. The molecule has 38 nitrogen and oxygen atoms in total. The van der Waals surface area contributed by atoms with Gasteiger partial charge in [-0.2, -0.15) is 0 Å². The van der Waals surface area contributed by atoms with Crippen LogP contribution in [0.1, 0.15) is 190 Å². The summed E-state index contributed by atoms with van der Waals surface area (Å²) in [7, 11) is 0. The second-order valence-corrected chi connectivity index (χ2v) is 38.0. The summed E-state index contributed by atoms with van der Waals surface area (Å²) in [6, 6.07) is -1.46. The number of hydrogen-bond donors (Lipinski definition) is 20. The summed E-state index contributed by atoms with van der Waals surface area (Å²) in [5.74, 6) is -4.38. The molecular formula is C83H135NO37. The Kier molecular flexibility index (Phi) is 31.5. The number of ether oxygens (including phenoxy) is 14. The van der Waals surface area contributed by atoms with Crippen molar-refractivity contribution in [2.75, 3.05) is 33.0 Å². The molecule has 11 fully saturated rings. The van der Waals surface area contributed by atoms with Crippen molar-refractivity contribution in [3.63, 3.8) is 0 Å². The van der Waals surface area contributed by atoms with E-state index in [0.29, 0.717) is 70.8 Å². The monoisotopic (exact) mass is 1740 g/mol. The van der Waals surface area contributed by atoms with Crippen molar-refractivity contribution in [3.8, 4) is 0 Å². The van der Waals surface area contributed by atoms with Gasteiger partial charge in [0.2, 0.25) is 12.2 Å². The number of esters is 1. The van der Waals surface area contributed by atoms with Crippen molar-refractivity contribution in [2.24, 2.45) is 50.2 Å². The topological polar surface area (TPSA) is 594 Å². The van der Waals surface area contributed by atoms with Gasteiger partial charge in [0, 0.05) is 19.4 Å². The molecule has 0 aromatic heterocycles. The molecule has 7 aliphatic heterocycles. The van der Waals surface area contributed by atoms with Crippen LogP contribution in [0.5, 0.6) is 0 Å². The zero-order valence-corrected chi connectivity index (χ0v) is 70.2. The van der Waals surface area contributed by atoms with Gasteiger partial charge >= 0.3 is 11.9 Å². The molecule has 20 N–H and O–H groups in total. The molecule has 38 heteroatoms. The molecule has 0 aromatic carbocycles. The van der Waals surface area contributed by atoms with E-state index in [0.717, 1.165) is 50.4 Å². The number of carbonyl (C=O) groups is 4. The first-order chi connectivity index (χ1) is 57.2. The fourth-order valence-corrected chi connectivity index (χ4v) is 22.4. The summed E-state index contributed by atoms with van der Waals surface area (Å²) in [4.78, 5) is 57.5. The molecule has 694 valence electrons. The predicted octanol–water partition coefficient (Wildman–Crippen LogP) is -2.55. The number of allylic oxidation sites excluding steroid dienone is 2. The highest BCUT2D eigenvalue weighted by Gasteiger charge is 2.73. The Morgan fingerprint density at radius 3 is 1.70 bits per heavy atom. The second-order valence-electron chi connectivity index (χ2n) is 38.0. The molecule has 0 spiro atoms. The second kappa shape index (κ2) is 39.5. The van der Waals surface area contributed by atoms with Gasteiger partial charge in [0.15, 0.2) is 49.9 Å². The number of hydrogen-bond acceptors (Lipinski definition) is 36. The lowest BCUT2D eigenvalue weighted by molar-refractivity contribution is -0.379. The van der Waals surface area contributed by atoms with Gasteiger partial charge in [-0.25, -0.2) is 4.79 Å². The van der Waals surface area contributed by atoms with E-state index in [2.05, 4.69) is 46.0 Å². The Balaban J connectivity index is 0.754. The highest BCUT2D eigenvalue weighted by atomic mass is 16.8. The van der Waals surface area contributed by atoms with Gasteiger partial charge in [-0.3, -0.25) is 9.59 Å². The van der Waals surface area contributed by atoms with Gasteiger partial charge in [0.1, 0.15) is 128 Å². The maximum Gasteiger partial charge on any atom is 0.333 e. The number of amides is 1. The third kappa shape index (κ3) is 19.0. The quantitative estimate of drug-likeness (QED) is 0.0112. The molecule has 20 unspecified atom stereocenters. The van der Waals surface area contributed by atoms with Crippen LogP contribution < -0.4 is 5.32 Å². The number of aldehydes is 1.